The first-order valence-electron chi connectivity index (χ1n) is 5.35. The van der Waals surface area contributed by atoms with Crippen LogP contribution in [0, 0.1) is 5.92 Å². The molecule has 13 heavy (non-hydrogen) atoms. The Morgan fingerprint density at radius 3 is 2.77 bits per heavy atom. The van der Waals surface area contributed by atoms with Crippen molar-refractivity contribution in [2.75, 3.05) is 19.6 Å². The van der Waals surface area contributed by atoms with E-state index in [0.717, 1.165) is 19.0 Å². The first kappa shape index (κ1) is 9.22. The van der Waals surface area contributed by atoms with E-state index in [-0.39, 0.29) is 5.54 Å². The van der Waals surface area contributed by atoms with Crippen LogP contribution in [0.5, 0.6) is 0 Å². The van der Waals surface area contributed by atoms with Crippen molar-refractivity contribution in [1.29, 1.82) is 0 Å². The predicted octanol–water partition coefficient (Wildman–Crippen LogP) is 1.38. The van der Waals surface area contributed by atoms with E-state index in [1.807, 2.05) is 0 Å². The number of hydrogen-bond acceptors (Lipinski definition) is 2. The van der Waals surface area contributed by atoms with Gasteiger partial charge in [0.2, 0.25) is 0 Å². The van der Waals surface area contributed by atoms with Crippen molar-refractivity contribution in [2.45, 2.75) is 31.7 Å². The van der Waals surface area contributed by atoms with Crippen LogP contribution < -0.4 is 5.73 Å². The summed E-state index contributed by atoms with van der Waals surface area (Å²) in [5.41, 5.74) is 6.35. The van der Waals surface area contributed by atoms with Crippen LogP contribution in [0.1, 0.15) is 26.2 Å². The fourth-order valence-corrected chi connectivity index (χ4v) is 2.19. The quantitative estimate of drug-likeness (QED) is 0.665. The van der Waals surface area contributed by atoms with E-state index >= 15 is 0 Å². The topological polar surface area (TPSA) is 29.3 Å². The Morgan fingerprint density at radius 1 is 1.46 bits per heavy atom. The van der Waals surface area contributed by atoms with Gasteiger partial charge < -0.3 is 5.73 Å². The molecule has 0 radical (unpaired) electrons. The second-order valence-electron chi connectivity index (χ2n) is 4.78. The number of nitrogens with zero attached hydrogens (tertiary/aromatic N) is 1. The number of hydrogen-bond donors (Lipinski definition) is 1. The monoisotopic (exact) mass is 180 g/mol. The van der Waals surface area contributed by atoms with E-state index in [1.54, 1.807) is 0 Å². The smallest absolute Gasteiger partial charge is 0.0283 e. The van der Waals surface area contributed by atoms with E-state index in [1.165, 1.54) is 25.8 Å². The lowest BCUT2D eigenvalue weighted by molar-refractivity contribution is 0.217. The summed E-state index contributed by atoms with van der Waals surface area (Å²) in [6.45, 7) is 5.57. The summed E-state index contributed by atoms with van der Waals surface area (Å²) < 4.78 is 0. The molecule has 0 aromatic rings. The molecule has 1 aliphatic carbocycles. The number of rotatable bonds is 3. The summed E-state index contributed by atoms with van der Waals surface area (Å²) in [6, 6.07) is 0. The maximum absolute atomic E-state index is 6.29. The van der Waals surface area contributed by atoms with Gasteiger partial charge in [-0.1, -0.05) is 12.2 Å². The van der Waals surface area contributed by atoms with Gasteiger partial charge in [0.15, 0.2) is 0 Å². The third-order valence-corrected chi connectivity index (χ3v) is 3.22. The van der Waals surface area contributed by atoms with E-state index in [4.69, 9.17) is 5.73 Å². The summed E-state index contributed by atoms with van der Waals surface area (Å²) >= 11 is 0. The molecule has 74 valence electrons. The largest absolute Gasteiger partial charge is 0.324 e. The molecule has 2 nitrogen and oxygen atoms in total. The van der Waals surface area contributed by atoms with Gasteiger partial charge in [-0.2, -0.15) is 0 Å². The molecule has 0 bridgehead atoms. The van der Waals surface area contributed by atoms with Crippen LogP contribution in [0.15, 0.2) is 12.2 Å². The fourth-order valence-electron chi connectivity index (χ4n) is 2.19. The first-order chi connectivity index (χ1) is 6.18. The molecule has 2 heteroatoms. The molecule has 0 spiro atoms. The third-order valence-electron chi connectivity index (χ3n) is 3.22. The molecule has 1 heterocycles. The van der Waals surface area contributed by atoms with Gasteiger partial charge >= 0.3 is 0 Å². The first-order valence-corrected chi connectivity index (χ1v) is 5.35. The average Bonchev–Trinajstić information content (AvgIpc) is 2.87. The Bertz CT molecular complexity index is 204. The maximum atomic E-state index is 6.29. The minimum atomic E-state index is 0.0607. The maximum Gasteiger partial charge on any atom is 0.0283 e. The Labute approximate surface area is 80.8 Å². The zero-order chi connectivity index (χ0) is 9.31. The average molecular weight is 180 g/mol. The second kappa shape index (κ2) is 3.43. The Kier molecular flexibility index (Phi) is 2.43. The van der Waals surface area contributed by atoms with Crippen LogP contribution in [-0.2, 0) is 0 Å². The lowest BCUT2D eigenvalue weighted by Gasteiger charge is -2.33. The molecule has 0 aromatic heterocycles. The zero-order valence-corrected chi connectivity index (χ0v) is 8.50. The minimum Gasteiger partial charge on any atom is -0.324 e. The standard InChI is InChI=1S/C11H20N2/c1-11(12,10-5-6-10)9-13-7-3-2-4-8-13/h2-3,10H,4-9,12H2,1H3. The highest BCUT2D eigenvalue weighted by Gasteiger charge is 2.39. The third kappa shape index (κ3) is 2.32. The molecule has 1 unspecified atom stereocenters. The summed E-state index contributed by atoms with van der Waals surface area (Å²) in [5.74, 6) is 0.790. The van der Waals surface area contributed by atoms with Gasteiger partial charge in [-0.05, 0) is 32.1 Å². The van der Waals surface area contributed by atoms with Crippen LogP contribution in [0.2, 0.25) is 0 Å². The summed E-state index contributed by atoms with van der Waals surface area (Å²) in [7, 11) is 0. The van der Waals surface area contributed by atoms with Gasteiger partial charge in [-0.15, -0.1) is 0 Å². The van der Waals surface area contributed by atoms with Crippen molar-refractivity contribution >= 4 is 0 Å². The van der Waals surface area contributed by atoms with Gasteiger partial charge in [-0.25, -0.2) is 0 Å². The highest BCUT2D eigenvalue weighted by atomic mass is 15.1. The van der Waals surface area contributed by atoms with Crippen LogP contribution >= 0.6 is 0 Å². The Hall–Kier alpha value is -0.340. The van der Waals surface area contributed by atoms with E-state index in [9.17, 15) is 0 Å². The van der Waals surface area contributed by atoms with Crippen molar-refractivity contribution in [3.8, 4) is 0 Å². The molecular formula is C11H20N2. The second-order valence-corrected chi connectivity index (χ2v) is 4.78. The van der Waals surface area contributed by atoms with E-state index in [0.29, 0.717) is 0 Å². The molecule has 0 aromatic carbocycles. The lowest BCUT2D eigenvalue weighted by atomic mass is 9.96. The molecule has 2 N–H and O–H groups in total. The van der Waals surface area contributed by atoms with Gasteiger partial charge in [0, 0.05) is 25.2 Å². The van der Waals surface area contributed by atoms with Crippen LogP contribution in [0.3, 0.4) is 0 Å². The van der Waals surface area contributed by atoms with Crippen molar-refractivity contribution in [3.63, 3.8) is 0 Å². The van der Waals surface area contributed by atoms with E-state index < -0.39 is 0 Å². The summed E-state index contributed by atoms with van der Waals surface area (Å²) in [6.07, 6.45) is 8.40. The molecule has 0 amide bonds. The van der Waals surface area contributed by atoms with Crippen molar-refractivity contribution < 1.29 is 0 Å². The number of nitrogens with two attached hydrogens (primary N) is 1. The molecule has 1 aliphatic heterocycles. The molecule has 0 saturated heterocycles. The lowest BCUT2D eigenvalue weighted by Crippen LogP contribution is -2.50. The molecule has 1 fully saturated rings. The summed E-state index contributed by atoms with van der Waals surface area (Å²) in [5, 5.41) is 0. The minimum absolute atomic E-state index is 0.0607. The van der Waals surface area contributed by atoms with E-state index in [2.05, 4.69) is 24.0 Å². The highest BCUT2D eigenvalue weighted by molar-refractivity contribution is 5.00. The Balaban J connectivity index is 1.85. The van der Waals surface area contributed by atoms with Crippen LogP contribution in [-0.4, -0.2) is 30.1 Å². The van der Waals surface area contributed by atoms with Crippen molar-refractivity contribution in [3.05, 3.63) is 12.2 Å². The molecule has 2 rings (SSSR count). The van der Waals surface area contributed by atoms with Crippen LogP contribution in [0.4, 0.5) is 0 Å². The molecule has 2 aliphatic rings. The Morgan fingerprint density at radius 2 is 2.23 bits per heavy atom. The van der Waals surface area contributed by atoms with Crippen molar-refractivity contribution in [1.82, 2.24) is 4.90 Å². The summed E-state index contributed by atoms with van der Waals surface area (Å²) in [4.78, 5) is 2.47. The normalized spacial score (nSPS) is 28.8. The fraction of sp³-hybridized carbons (Fsp3) is 0.818. The SMILES string of the molecule is CC(N)(CN1CC=CCC1)C1CC1. The van der Waals surface area contributed by atoms with Gasteiger partial charge in [0.05, 0.1) is 0 Å². The molecule has 1 atom stereocenters. The van der Waals surface area contributed by atoms with Crippen LogP contribution in [0.25, 0.3) is 0 Å². The molecule has 1 saturated carbocycles. The predicted molar refractivity (Wildman–Crippen MR) is 55.5 cm³/mol. The van der Waals surface area contributed by atoms with Gasteiger partial charge in [0.25, 0.3) is 0 Å². The molecular weight excluding hydrogens is 160 g/mol. The zero-order valence-electron chi connectivity index (χ0n) is 8.50. The van der Waals surface area contributed by atoms with Crippen molar-refractivity contribution in [2.24, 2.45) is 11.7 Å². The highest BCUT2D eigenvalue weighted by Crippen LogP contribution is 2.38. The van der Waals surface area contributed by atoms with Gasteiger partial charge in [0.1, 0.15) is 0 Å². The van der Waals surface area contributed by atoms with Gasteiger partial charge in [-0.3, -0.25) is 4.90 Å².